The predicted molar refractivity (Wildman–Crippen MR) is 29.2 cm³/mol. The first kappa shape index (κ1) is 5.79. The zero-order valence-corrected chi connectivity index (χ0v) is 4.87. The third kappa shape index (κ3) is 4.79. The van der Waals surface area contributed by atoms with E-state index in [1.165, 1.54) is 0 Å². The number of rotatable bonds is 2. The monoisotopic (exact) mass is 126 g/mol. The third-order valence-electron chi connectivity index (χ3n) is 0.0900. The molecule has 0 bridgehead atoms. The summed E-state index contributed by atoms with van der Waals surface area (Å²) >= 11 is 5.45. The molecule has 0 amide bonds. The van der Waals surface area contributed by atoms with E-state index >= 15 is 0 Å². The zero-order chi connectivity index (χ0) is 4.12. The van der Waals surface area contributed by atoms with E-state index in [-0.39, 0.29) is 0 Å². The van der Waals surface area contributed by atoms with Crippen molar-refractivity contribution in [2.24, 2.45) is 5.14 Å². The first-order valence-corrected chi connectivity index (χ1v) is 3.63. The molecule has 0 rings (SSSR count). The van der Waals surface area contributed by atoms with Gasteiger partial charge in [0.2, 0.25) is 0 Å². The van der Waals surface area contributed by atoms with Crippen molar-refractivity contribution in [1.82, 2.24) is 4.49 Å². The summed E-state index contributed by atoms with van der Waals surface area (Å²) in [6.45, 7) is 0. The number of hydrogen-bond acceptors (Lipinski definition) is 3. The minimum Gasteiger partial charge on any atom is -0.264 e. The van der Waals surface area contributed by atoms with Crippen molar-refractivity contribution in [2.45, 2.75) is 0 Å². The molecule has 0 spiro atoms. The maximum atomic E-state index is 4.87. The van der Waals surface area contributed by atoms with Crippen LogP contribution in [0.1, 0.15) is 0 Å². The minimum absolute atomic E-state index is 0.701. The Labute approximate surface area is 41.7 Å². The Morgan fingerprint density at radius 3 is 2.60 bits per heavy atom. The van der Waals surface area contributed by atoms with E-state index in [2.05, 4.69) is 16.3 Å². The van der Waals surface area contributed by atoms with Crippen molar-refractivity contribution in [2.75, 3.05) is 0 Å². The Morgan fingerprint density at radius 1 is 2.00 bits per heavy atom. The van der Waals surface area contributed by atoms with Gasteiger partial charge in [0.05, 0.1) is 7.51 Å². The molecule has 2 nitrogen and oxygen atoms in total. The highest BCUT2D eigenvalue weighted by Crippen LogP contribution is 1.85. The maximum Gasteiger partial charge on any atom is 0.0704 e. The number of nitrogens with two attached hydrogens (primary N) is 1. The topological polar surface area (TPSA) is 38.0 Å². The number of nitrogens with one attached hydrogen (secondary N) is 1. The van der Waals surface area contributed by atoms with Crippen LogP contribution >= 0.6 is 19.6 Å². The lowest BCUT2D eigenvalue weighted by atomic mass is 13.9. The van der Waals surface area contributed by atoms with Crippen LogP contribution in [0.3, 0.4) is 0 Å². The largest absolute Gasteiger partial charge is 0.264 e. The lowest BCUT2D eigenvalue weighted by Crippen LogP contribution is -1.87. The Hall–Kier alpha value is 0.790. The summed E-state index contributed by atoms with van der Waals surface area (Å²) in [5.41, 5.74) is 0. The van der Waals surface area contributed by atoms with Crippen LogP contribution in [0.2, 0.25) is 0 Å². The molecule has 0 heterocycles. The van der Waals surface area contributed by atoms with E-state index in [1.54, 1.807) is 0 Å². The molecular formula is H3N2PS2. The van der Waals surface area contributed by atoms with Gasteiger partial charge in [-0.1, -0.05) is 0 Å². The van der Waals surface area contributed by atoms with Gasteiger partial charge in [0.1, 0.15) is 0 Å². The van der Waals surface area contributed by atoms with Gasteiger partial charge in [-0.15, -0.1) is 0 Å². The summed E-state index contributed by atoms with van der Waals surface area (Å²) < 4.78 is 2.59. The summed E-state index contributed by atoms with van der Waals surface area (Å²) in [7, 11) is 0.701. The van der Waals surface area contributed by atoms with Crippen LogP contribution in [0.4, 0.5) is 0 Å². The predicted octanol–water partition coefficient (Wildman–Crippen LogP) is 0.421. The molecule has 3 N–H and O–H groups in total. The molecule has 5 heteroatoms. The number of hydrogen-bond donors (Lipinski definition) is 2. The van der Waals surface area contributed by atoms with E-state index in [4.69, 9.17) is 5.14 Å². The average Bonchev–Trinajstić information content (AvgIpc) is 1.41. The van der Waals surface area contributed by atoms with Gasteiger partial charge in [0.25, 0.3) is 0 Å². The van der Waals surface area contributed by atoms with Gasteiger partial charge < -0.3 is 0 Å². The van der Waals surface area contributed by atoms with Gasteiger partial charge in [-0.05, 0) is 11.8 Å². The Morgan fingerprint density at radius 2 is 2.60 bits per heavy atom. The summed E-state index contributed by atoms with van der Waals surface area (Å²) in [5.74, 6) is 0. The first-order valence-electron chi connectivity index (χ1n) is 0.846. The quantitative estimate of drug-likeness (QED) is 0.415. The van der Waals surface area contributed by atoms with Crippen LogP contribution in [-0.4, -0.2) is 0 Å². The molecule has 0 aromatic carbocycles. The lowest BCUT2D eigenvalue weighted by molar-refractivity contribution is 1.73. The van der Waals surface area contributed by atoms with Crippen molar-refractivity contribution in [1.29, 1.82) is 0 Å². The van der Waals surface area contributed by atoms with Crippen LogP contribution in [0.15, 0.2) is 0 Å². The Bertz CT molecular complexity index is 28.8. The second kappa shape index (κ2) is 4.79. The normalized spacial score (nSPS) is 9.00. The molecule has 0 aliphatic rings. The molecule has 0 aromatic rings. The Kier molecular flexibility index (Phi) is 5.55. The summed E-state index contributed by atoms with van der Waals surface area (Å²) in [6, 6.07) is 0. The Balaban J connectivity index is 2.40. The standard InChI is InChI=1S/H3N2PS2/c1-5-2-3-4/h1H2,(H,2,4). The van der Waals surface area contributed by atoms with E-state index in [0.29, 0.717) is 7.51 Å². The van der Waals surface area contributed by atoms with Crippen molar-refractivity contribution < 1.29 is 0 Å². The van der Waals surface area contributed by atoms with Crippen molar-refractivity contribution in [3.63, 3.8) is 0 Å². The second-order valence-corrected chi connectivity index (χ2v) is 2.00. The fourth-order valence-corrected chi connectivity index (χ4v) is 0.581. The van der Waals surface area contributed by atoms with Gasteiger partial charge in [-0.25, -0.2) is 0 Å². The molecule has 0 unspecified atom stereocenters. The third-order valence-corrected chi connectivity index (χ3v) is 1.48. The molecular weight excluding hydrogens is 123 g/mol. The van der Waals surface area contributed by atoms with E-state index in [1.807, 2.05) is 0 Å². The van der Waals surface area contributed by atoms with Crippen molar-refractivity contribution in [3.05, 3.63) is 0 Å². The highest BCUT2D eigenvalue weighted by molar-refractivity contribution is 8.06. The smallest absolute Gasteiger partial charge is 0.0704 e. The molecule has 0 aliphatic heterocycles. The average molecular weight is 126 g/mol. The second-order valence-electron chi connectivity index (χ2n) is 0.300. The van der Waals surface area contributed by atoms with Gasteiger partial charge in [-0.3, -0.25) is 5.14 Å². The molecule has 30 valence electrons. The summed E-state index contributed by atoms with van der Waals surface area (Å²) in [6.07, 6.45) is 0. The molecule has 0 atom stereocenters. The summed E-state index contributed by atoms with van der Waals surface area (Å²) in [5, 5.41) is 4.87. The molecule has 0 saturated heterocycles. The highest BCUT2D eigenvalue weighted by atomic mass is 32.4. The fraction of sp³-hybridized carbons (Fsp3) is 0. The van der Waals surface area contributed by atoms with Crippen LogP contribution in [0, 0.1) is 0 Å². The molecule has 5 heavy (non-hydrogen) atoms. The van der Waals surface area contributed by atoms with Crippen LogP contribution < -0.4 is 9.63 Å². The molecule has 0 saturated carbocycles. The van der Waals surface area contributed by atoms with Crippen molar-refractivity contribution in [3.8, 4) is 0 Å². The van der Waals surface area contributed by atoms with Crippen LogP contribution in [0.5, 0.6) is 0 Å². The van der Waals surface area contributed by atoms with E-state index in [0.717, 1.165) is 12.1 Å². The minimum atomic E-state index is 0.701. The molecule has 0 aromatic heterocycles. The SMILES string of the molecule is NSNP=S. The highest BCUT2D eigenvalue weighted by Gasteiger charge is 1.59. The van der Waals surface area contributed by atoms with E-state index < -0.39 is 0 Å². The lowest BCUT2D eigenvalue weighted by Gasteiger charge is -1.76. The zero-order valence-electron chi connectivity index (χ0n) is 2.34. The fourth-order valence-electron chi connectivity index (χ4n) is 0.0215. The van der Waals surface area contributed by atoms with Crippen LogP contribution in [-0.2, 0) is 11.8 Å². The van der Waals surface area contributed by atoms with Gasteiger partial charge >= 0.3 is 0 Å². The van der Waals surface area contributed by atoms with Gasteiger partial charge in [-0.2, -0.15) is 4.49 Å². The van der Waals surface area contributed by atoms with Crippen molar-refractivity contribution >= 4 is 31.4 Å². The molecule has 0 radical (unpaired) electrons. The van der Waals surface area contributed by atoms with E-state index in [9.17, 15) is 0 Å². The van der Waals surface area contributed by atoms with Gasteiger partial charge in [0, 0.05) is 12.1 Å². The maximum absolute atomic E-state index is 4.87. The molecule has 0 aliphatic carbocycles. The van der Waals surface area contributed by atoms with Crippen LogP contribution in [0.25, 0.3) is 0 Å². The van der Waals surface area contributed by atoms with Gasteiger partial charge in [0.15, 0.2) is 0 Å². The first-order chi connectivity index (χ1) is 2.41. The molecule has 0 fully saturated rings. The summed E-state index contributed by atoms with van der Waals surface area (Å²) in [4.78, 5) is 0.